The van der Waals surface area contributed by atoms with E-state index in [0.29, 0.717) is 6.42 Å². The lowest BCUT2D eigenvalue weighted by molar-refractivity contribution is -0.144. The van der Waals surface area contributed by atoms with E-state index in [4.69, 9.17) is 22.9 Å². The molecule has 10 amide bonds. The van der Waals surface area contributed by atoms with E-state index < -0.39 is 169 Å². The van der Waals surface area contributed by atoms with Crippen molar-refractivity contribution in [3.05, 3.63) is 0 Å². The molecule has 462 valence electrons. The number of aliphatic carboxylic acids is 2. The minimum Gasteiger partial charge on any atom is -0.481 e. The summed E-state index contributed by atoms with van der Waals surface area (Å²) in [6, 6.07) is -15.3. The predicted octanol–water partition coefficient (Wildman–Crippen LogP) is -6.94. The number of unbranched alkanes of at least 4 members (excludes halogenated alkanes) is 1. The summed E-state index contributed by atoms with van der Waals surface area (Å²) in [5.41, 5.74) is 22.1. The molecule has 81 heavy (non-hydrogen) atoms. The smallest absolute Gasteiger partial charge is 0.326 e. The molecule has 32 nitrogen and oxygen atoms in total. The number of rotatable bonds is 39. The fraction of sp³-hybridized carbons (Fsp3) is 0.735. The average Bonchev–Trinajstić information content (AvgIpc) is 3.35. The monoisotopic (exact) mass is 1160 g/mol. The molecule has 0 aromatic rings. The van der Waals surface area contributed by atoms with Gasteiger partial charge in [-0.05, 0) is 90.0 Å². The first kappa shape index (κ1) is 73.7. The Morgan fingerprint density at radius 3 is 1.31 bits per heavy atom. The molecule has 0 fully saturated rings. The Bertz CT molecular complexity index is 2160. The van der Waals surface area contributed by atoms with E-state index in [1.165, 1.54) is 13.8 Å². The summed E-state index contributed by atoms with van der Waals surface area (Å²) in [5.74, 6) is -14.5. The second kappa shape index (κ2) is 37.6. The zero-order valence-electron chi connectivity index (χ0n) is 47.5. The van der Waals surface area contributed by atoms with Gasteiger partial charge in [-0.1, -0.05) is 41.5 Å². The highest BCUT2D eigenvalue weighted by molar-refractivity contribution is 5.99. The van der Waals surface area contributed by atoms with Crippen molar-refractivity contribution in [1.29, 1.82) is 0 Å². The molecular weight excluding hydrogens is 1070 g/mol. The summed E-state index contributed by atoms with van der Waals surface area (Å²) in [6.45, 7) is 11.9. The number of carbonyl (C=O) groups excluding carboxylic acids is 10. The van der Waals surface area contributed by atoms with Gasteiger partial charge in [0.05, 0.1) is 37.8 Å². The quantitative estimate of drug-likeness (QED) is 0.0154. The summed E-state index contributed by atoms with van der Waals surface area (Å²) >= 11 is 0. The van der Waals surface area contributed by atoms with Crippen molar-refractivity contribution in [2.75, 3.05) is 26.2 Å². The Morgan fingerprint density at radius 2 is 0.889 bits per heavy atom. The van der Waals surface area contributed by atoms with Crippen LogP contribution in [0.5, 0.6) is 0 Å². The van der Waals surface area contributed by atoms with Gasteiger partial charge in [-0.3, -0.25) is 57.7 Å². The molecule has 0 aliphatic carbocycles. The van der Waals surface area contributed by atoms with Crippen molar-refractivity contribution in [3.8, 4) is 0 Å². The number of carboxylic acid groups (broad SMARTS) is 2. The minimum absolute atomic E-state index is 0.0140. The molecule has 0 saturated heterocycles. The summed E-state index contributed by atoms with van der Waals surface area (Å²) in [5, 5.41) is 73.8. The highest BCUT2D eigenvalue weighted by Gasteiger charge is 2.37. The van der Waals surface area contributed by atoms with Gasteiger partial charge in [-0.2, -0.15) is 0 Å². The molecule has 23 N–H and O–H groups in total. The summed E-state index contributed by atoms with van der Waals surface area (Å²) in [6.07, 6.45) is -3.95. The van der Waals surface area contributed by atoms with E-state index in [2.05, 4.69) is 58.2 Å². The first-order chi connectivity index (χ1) is 37.7. The van der Waals surface area contributed by atoms with Crippen molar-refractivity contribution < 1.29 is 83.1 Å². The Balaban J connectivity index is 6.49. The number of aliphatic hydroxyl groups excluding tert-OH is 3. The van der Waals surface area contributed by atoms with Crippen LogP contribution in [0.2, 0.25) is 0 Å². The first-order valence-corrected chi connectivity index (χ1v) is 26.6. The van der Waals surface area contributed by atoms with Crippen LogP contribution in [-0.2, 0) is 57.5 Å². The van der Waals surface area contributed by atoms with Gasteiger partial charge in [-0.15, -0.1) is 0 Å². The Morgan fingerprint density at radius 1 is 0.481 bits per heavy atom. The molecule has 0 aliphatic rings. The zero-order chi connectivity index (χ0) is 62.4. The largest absolute Gasteiger partial charge is 0.481 e. The Kier molecular flexibility index (Phi) is 34.2. The van der Waals surface area contributed by atoms with E-state index in [1.54, 1.807) is 41.5 Å². The van der Waals surface area contributed by atoms with E-state index in [1.807, 2.05) is 0 Å². The van der Waals surface area contributed by atoms with Gasteiger partial charge in [0.1, 0.15) is 54.4 Å². The SMILES string of the molecule is CC(C)C[C@H](NC(=O)[C@H](C)N)C(=O)N[C@H](C(=O)N[C@@H](CO)C(=O)N[C@@H](CC(=O)O)C(=O)N[C@@H](CCCN=C(N)N)C(=O)NCC(=O)N[C@@H](CCCCN)C(=O)N[C@H](C(=O)N[C@@H](CC(C)C)C(=O)N[C@H](C(=O)O)C(C)C)[C@@H](C)O)[C@@H](C)O. The van der Waals surface area contributed by atoms with Gasteiger partial charge in [0, 0.05) is 6.54 Å². The summed E-state index contributed by atoms with van der Waals surface area (Å²) in [7, 11) is 0. The lowest BCUT2D eigenvalue weighted by Gasteiger charge is -2.28. The summed E-state index contributed by atoms with van der Waals surface area (Å²) < 4.78 is 0. The highest BCUT2D eigenvalue weighted by Crippen LogP contribution is 2.11. The van der Waals surface area contributed by atoms with E-state index in [0.717, 1.165) is 6.92 Å². The lowest BCUT2D eigenvalue weighted by Crippen LogP contribution is -2.62. The van der Waals surface area contributed by atoms with Crippen LogP contribution in [0.1, 0.15) is 114 Å². The number of carboxylic acids is 2. The van der Waals surface area contributed by atoms with Crippen LogP contribution in [0.15, 0.2) is 4.99 Å². The third-order valence-corrected chi connectivity index (χ3v) is 11.9. The van der Waals surface area contributed by atoms with E-state index in [-0.39, 0.29) is 69.4 Å². The van der Waals surface area contributed by atoms with Crippen molar-refractivity contribution in [2.24, 2.45) is 45.7 Å². The molecule has 0 saturated carbocycles. The molecule has 0 heterocycles. The molecule has 0 unspecified atom stereocenters. The normalized spacial score (nSPS) is 15.7. The topological polar surface area (TPSA) is 543 Å². The number of aliphatic imine (C=N–C) groups is 1. The molecule has 0 aromatic heterocycles. The fourth-order valence-corrected chi connectivity index (χ4v) is 7.51. The Hall–Kier alpha value is -7.29. The maximum Gasteiger partial charge on any atom is 0.326 e. The molecule has 32 heteroatoms. The second-order valence-corrected chi connectivity index (χ2v) is 20.7. The van der Waals surface area contributed by atoms with Crippen molar-refractivity contribution in [3.63, 3.8) is 0 Å². The minimum atomic E-state index is -2.01. The number of nitrogens with zero attached hydrogens (tertiary/aromatic N) is 1. The number of aliphatic hydroxyl groups is 3. The van der Waals surface area contributed by atoms with Gasteiger partial charge in [0.15, 0.2) is 5.96 Å². The van der Waals surface area contributed by atoms with Gasteiger partial charge in [-0.25, -0.2) is 4.79 Å². The number of nitrogens with one attached hydrogen (secondary N) is 10. The fourth-order valence-electron chi connectivity index (χ4n) is 7.51. The number of nitrogens with two attached hydrogens (primary N) is 4. The van der Waals surface area contributed by atoms with Crippen LogP contribution in [0, 0.1) is 17.8 Å². The van der Waals surface area contributed by atoms with Gasteiger partial charge < -0.3 is 102 Å². The average molecular weight is 1160 g/mol. The van der Waals surface area contributed by atoms with Crippen molar-refractivity contribution in [1.82, 2.24) is 53.2 Å². The lowest BCUT2D eigenvalue weighted by atomic mass is 9.99. The standard InChI is InChI=1S/C49H89N15O17/c1-22(2)17-30(58-39(71)25(7)51)44(76)64-38(27(9)67)47(79)61-33(21-65)45(77)59-32(19-35(69)70)42(74)57-28(14-12-16-54-49(52)53)40(72)55-20-34(68)56-29(13-10-11-15-50)41(73)63-37(26(8)66)46(78)60-31(18-23(3)4)43(75)62-36(24(5)6)48(80)81/h22-33,36-38,65-67H,10-21,50-51H2,1-9H3,(H,55,72)(H,56,68)(H,57,74)(H,58,71)(H,59,77)(H,60,78)(H,61,79)(H,62,75)(H,63,73)(H,64,76)(H,69,70)(H,80,81)(H4,52,53,54)/t25-,26+,27+,28-,29-,30-,31-,32-,33-,36-,37-,38-/m0/s1. The number of amides is 10. The third kappa shape index (κ3) is 29.1. The van der Waals surface area contributed by atoms with Crippen LogP contribution in [0.4, 0.5) is 0 Å². The highest BCUT2D eigenvalue weighted by atomic mass is 16.4. The molecule has 0 aromatic carbocycles. The Labute approximate surface area is 470 Å². The number of hydrogen-bond donors (Lipinski definition) is 19. The molecule has 0 rings (SSSR count). The predicted molar refractivity (Wildman–Crippen MR) is 291 cm³/mol. The van der Waals surface area contributed by atoms with Crippen LogP contribution in [-0.4, -0.2) is 201 Å². The second-order valence-electron chi connectivity index (χ2n) is 20.7. The van der Waals surface area contributed by atoms with Crippen LogP contribution >= 0.6 is 0 Å². The van der Waals surface area contributed by atoms with Crippen LogP contribution < -0.4 is 76.1 Å². The molecule has 0 aliphatic heterocycles. The molecule has 12 atom stereocenters. The van der Waals surface area contributed by atoms with Crippen LogP contribution in [0.25, 0.3) is 0 Å². The number of hydrogen-bond acceptors (Lipinski definition) is 18. The first-order valence-electron chi connectivity index (χ1n) is 26.6. The molecule has 0 bridgehead atoms. The van der Waals surface area contributed by atoms with Gasteiger partial charge in [0.25, 0.3) is 0 Å². The van der Waals surface area contributed by atoms with Crippen molar-refractivity contribution in [2.45, 2.75) is 186 Å². The summed E-state index contributed by atoms with van der Waals surface area (Å²) in [4.78, 5) is 162. The number of guanidine groups is 1. The van der Waals surface area contributed by atoms with Crippen LogP contribution in [0.3, 0.4) is 0 Å². The number of carbonyl (C=O) groups is 12. The van der Waals surface area contributed by atoms with E-state index >= 15 is 0 Å². The third-order valence-electron chi connectivity index (χ3n) is 11.9. The maximum atomic E-state index is 13.8. The zero-order valence-corrected chi connectivity index (χ0v) is 47.5. The van der Waals surface area contributed by atoms with E-state index in [9.17, 15) is 83.1 Å². The van der Waals surface area contributed by atoms with Crippen molar-refractivity contribution >= 4 is 77.0 Å². The molecule has 0 radical (unpaired) electrons. The maximum absolute atomic E-state index is 13.8. The van der Waals surface area contributed by atoms with Gasteiger partial charge in [0.2, 0.25) is 59.1 Å². The molecule has 0 spiro atoms. The molecular formula is C49H89N15O17. The van der Waals surface area contributed by atoms with Gasteiger partial charge >= 0.3 is 11.9 Å².